The van der Waals surface area contributed by atoms with Crippen molar-refractivity contribution in [1.82, 2.24) is 19.9 Å². The number of benzene rings is 1. The summed E-state index contributed by atoms with van der Waals surface area (Å²) in [6, 6.07) is 8.50. The summed E-state index contributed by atoms with van der Waals surface area (Å²) in [5.41, 5.74) is 0.411. The number of anilines is 1. The topological polar surface area (TPSA) is 86.3 Å². The Bertz CT molecular complexity index is 1170. The molecule has 0 amide bonds. The fourth-order valence-corrected chi connectivity index (χ4v) is 5.44. The van der Waals surface area contributed by atoms with Gasteiger partial charge in [-0.2, -0.15) is 13.2 Å². The minimum atomic E-state index is -4.49. The molecule has 2 aromatic heterocycles. The van der Waals surface area contributed by atoms with Gasteiger partial charge in [-0.05, 0) is 25.0 Å². The number of alkyl halides is 3. The zero-order valence-electron chi connectivity index (χ0n) is 17.1. The number of nitrogens with zero attached hydrogens (tertiary/aromatic N) is 3. The van der Waals surface area contributed by atoms with E-state index < -0.39 is 11.9 Å². The van der Waals surface area contributed by atoms with Gasteiger partial charge in [0.2, 0.25) is 0 Å². The zero-order chi connectivity index (χ0) is 22.1. The summed E-state index contributed by atoms with van der Waals surface area (Å²) >= 11 is 0. The maximum absolute atomic E-state index is 13.2. The molecule has 6 rings (SSSR count). The Kier molecular flexibility index (Phi) is 4.22. The first-order chi connectivity index (χ1) is 15.3. The summed E-state index contributed by atoms with van der Waals surface area (Å²) in [6.45, 7) is 2.21. The standard InChI is InChI=1S/C22H22F3N5O2/c23-22(24,25)17-5-14-19(28-17)26-11-27-20(14)29-18-13-3-1-2-4-16(13)32-8-15(18)30-9-21(10-30)6-12(31)7-21/h1-5,11-12,15,18,31H,6-10H2,(H2,26,27,28,29). The number of para-hydroxylation sites is 1. The second kappa shape index (κ2) is 6.82. The molecule has 0 radical (unpaired) electrons. The summed E-state index contributed by atoms with van der Waals surface area (Å²) in [4.78, 5) is 12.9. The SMILES string of the molecule is OC1CC2(C1)CN(C1COc3ccccc3C1Nc1ncnc3[nH]c(C(F)(F)F)cc13)C2. The molecule has 1 saturated heterocycles. The molecule has 2 unspecified atom stereocenters. The summed E-state index contributed by atoms with van der Waals surface area (Å²) < 4.78 is 45.7. The van der Waals surface area contributed by atoms with Gasteiger partial charge in [-0.1, -0.05) is 18.2 Å². The van der Waals surface area contributed by atoms with E-state index in [9.17, 15) is 18.3 Å². The van der Waals surface area contributed by atoms with Gasteiger partial charge in [-0.3, -0.25) is 4.90 Å². The van der Waals surface area contributed by atoms with Gasteiger partial charge in [-0.15, -0.1) is 0 Å². The highest BCUT2D eigenvalue weighted by Crippen LogP contribution is 2.51. The summed E-state index contributed by atoms with van der Waals surface area (Å²) in [5.74, 6) is 1.11. The molecule has 2 atom stereocenters. The Morgan fingerprint density at radius 2 is 1.97 bits per heavy atom. The molecule has 4 heterocycles. The normalized spacial score (nSPS) is 25.1. The molecule has 2 fully saturated rings. The molecule has 1 aliphatic carbocycles. The number of aromatic nitrogens is 3. The van der Waals surface area contributed by atoms with Gasteiger partial charge < -0.3 is 20.1 Å². The molecule has 32 heavy (non-hydrogen) atoms. The Labute approximate surface area is 181 Å². The minimum absolute atomic E-state index is 0.0145. The van der Waals surface area contributed by atoms with Crippen LogP contribution in [0, 0.1) is 5.41 Å². The number of fused-ring (bicyclic) bond motifs is 2. The van der Waals surface area contributed by atoms with Gasteiger partial charge >= 0.3 is 6.18 Å². The van der Waals surface area contributed by atoms with Crippen molar-refractivity contribution in [2.24, 2.45) is 5.41 Å². The van der Waals surface area contributed by atoms with Crippen molar-refractivity contribution < 1.29 is 23.0 Å². The van der Waals surface area contributed by atoms with E-state index in [1.807, 2.05) is 24.3 Å². The van der Waals surface area contributed by atoms with E-state index in [1.54, 1.807) is 0 Å². The Balaban J connectivity index is 1.34. The molecular formula is C22H22F3N5O2. The quantitative estimate of drug-likeness (QED) is 0.573. The number of hydrogen-bond donors (Lipinski definition) is 3. The average Bonchev–Trinajstić information content (AvgIpc) is 3.16. The van der Waals surface area contributed by atoms with Gasteiger partial charge in [-0.25, -0.2) is 9.97 Å². The van der Waals surface area contributed by atoms with Crippen molar-refractivity contribution >= 4 is 16.9 Å². The smallest absolute Gasteiger partial charge is 0.431 e. The maximum Gasteiger partial charge on any atom is 0.431 e. The van der Waals surface area contributed by atoms with E-state index in [4.69, 9.17) is 4.74 Å². The molecule has 7 nitrogen and oxygen atoms in total. The second-order valence-electron chi connectivity index (χ2n) is 9.17. The lowest BCUT2D eigenvalue weighted by Crippen LogP contribution is -2.68. The van der Waals surface area contributed by atoms with Crippen molar-refractivity contribution in [3.05, 3.63) is 47.9 Å². The van der Waals surface area contributed by atoms with E-state index in [1.165, 1.54) is 6.33 Å². The van der Waals surface area contributed by atoms with Gasteiger partial charge in [0.1, 0.15) is 35.8 Å². The fraction of sp³-hybridized carbons (Fsp3) is 0.455. The van der Waals surface area contributed by atoms with Crippen LogP contribution in [-0.4, -0.2) is 56.8 Å². The Hall–Kier alpha value is -2.85. The van der Waals surface area contributed by atoms with Gasteiger partial charge in [0.15, 0.2) is 0 Å². The van der Waals surface area contributed by atoms with Crippen LogP contribution in [0.15, 0.2) is 36.7 Å². The van der Waals surface area contributed by atoms with Crippen LogP contribution in [0.2, 0.25) is 0 Å². The molecule has 1 saturated carbocycles. The van der Waals surface area contributed by atoms with Crippen LogP contribution in [0.25, 0.3) is 11.0 Å². The molecule has 3 aromatic rings. The van der Waals surface area contributed by atoms with E-state index in [-0.39, 0.29) is 29.2 Å². The number of ether oxygens (including phenoxy) is 1. The predicted octanol–water partition coefficient (Wildman–Crippen LogP) is 3.35. The van der Waals surface area contributed by atoms with Crippen molar-refractivity contribution in [1.29, 1.82) is 0 Å². The summed E-state index contributed by atoms with van der Waals surface area (Å²) in [6.07, 6.45) is -1.80. The molecule has 168 valence electrons. The zero-order valence-corrected chi connectivity index (χ0v) is 17.1. The van der Waals surface area contributed by atoms with E-state index in [0.717, 1.165) is 43.3 Å². The molecule has 3 aliphatic rings. The predicted molar refractivity (Wildman–Crippen MR) is 110 cm³/mol. The highest BCUT2D eigenvalue weighted by molar-refractivity contribution is 5.88. The number of halogens is 3. The fourth-order valence-electron chi connectivity index (χ4n) is 5.44. The van der Waals surface area contributed by atoms with Crippen molar-refractivity contribution in [3.63, 3.8) is 0 Å². The van der Waals surface area contributed by atoms with Crippen LogP contribution in [0.5, 0.6) is 5.75 Å². The van der Waals surface area contributed by atoms with Crippen LogP contribution in [0.1, 0.15) is 30.1 Å². The molecule has 2 aliphatic heterocycles. The lowest BCUT2D eigenvalue weighted by atomic mass is 9.61. The molecule has 1 spiro atoms. The Morgan fingerprint density at radius 3 is 2.72 bits per heavy atom. The third-order valence-corrected chi connectivity index (χ3v) is 6.96. The summed E-state index contributed by atoms with van der Waals surface area (Å²) in [5, 5.41) is 13.4. The lowest BCUT2D eigenvalue weighted by molar-refractivity contribution is -0.148. The maximum atomic E-state index is 13.2. The number of H-pyrrole nitrogens is 1. The number of aliphatic hydroxyl groups is 1. The van der Waals surface area contributed by atoms with Gasteiger partial charge in [0.25, 0.3) is 0 Å². The highest BCUT2D eigenvalue weighted by atomic mass is 19.4. The number of rotatable bonds is 3. The molecular weight excluding hydrogens is 423 g/mol. The number of hydrogen-bond acceptors (Lipinski definition) is 6. The van der Waals surface area contributed by atoms with Crippen LogP contribution >= 0.6 is 0 Å². The number of nitrogens with one attached hydrogen (secondary N) is 2. The average molecular weight is 445 g/mol. The molecule has 3 N–H and O–H groups in total. The van der Waals surface area contributed by atoms with Crippen molar-refractivity contribution in [3.8, 4) is 5.75 Å². The lowest BCUT2D eigenvalue weighted by Gasteiger charge is -2.61. The largest absolute Gasteiger partial charge is 0.491 e. The van der Waals surface area contributed by atoms with E-state index >= 15 is 0 Å². The van der Waals surface area contributed by atoms with Crippen LogP contribution in [0.3, 0.4) is 0 Å². The third-order valence-electron chi connectivity index (χ3n) is 6.96. The van der Waals surface area contributed by atoms with Crippen LogP contribution < -0.4 is 10.1 Å². The monoisotopic (exact) mass is 445 g/mol. The van der Waals surface area contributed by atoms with Crippen molar-refractivity contribution in [2.45, 2.75) is 37.2 Å². The van der Waals surface area contributed by atoms with E-state index in [2.05, 4.69) is 25.2 Å². The van der Waals surface area contributed by atoms with Gasteiger partial charge in [0, 0.05) is 24.1 Å². The number of aromatic amines is 1. The second-order valence-corrected chi connectivity index (χ2v) is 9.17. The number of likely N-dealkylation sites (tertiary alicyclic amines) is 1. The number of aliphatic hydroxyl groups excluding tert-OH is 1. The summed E-state index contributed by atoms with van der Waals surface area (Å²) in [7, 11) is 0. The first-order valence-corrected chi connectivity index (χ1v) is 10.6. The Morgan fingerprint density at radius 1 is 1.19 bits per heavy atom. The first kappa shape index (κ1) is 19.8. The molecule has 10 heteroatoms. The molecule has 1 aromatic carbocycles. The van der Waals surface area contributed by atoms with Crippen LogP contribution in [0.4, 0.5) is 19.0 Å². The first-order valence-electron chi connectivity index (χ1n) is 10.6. The van der Waals surface area contributed by atoms with E-state index in [0.29, 0.717) is 17.8 Å². The highest BCUT2D eigenvalue weighted by Gasteiger charge is 2.55. The van der Waals surface area contributed by atoms with Gasteiger partial charge in [0.05, 0.1) is 23.6 Å². The third kappa shape index (κ3) is 3.12. The minimum Gasteiger partial charge on any atom is -0.491 e. The van der Waals surface area contributed by atoms with Crippen molar-refractivity contribution in [2.75, 3.05) is 25.0 Å². The molecule has 0 bridgehead atoms. The van der Waals surface area contributed by atoms with Crippen LogP contribution in [-0.2, 0) is 6.18 Å².